The van der Waals surface area contributed by atoms with E-state index in [4.69, 9.17) is 0 Å². The summed E-state index contributed by atoms with van der Waals surface area (Å²) < 4.78 is 9.30. The maximum Gasteiger partial charge on any atom is 0.337 e. The van der Waals surface area contributed by atoms with Crippen LogP contribution >= 0.6 is 11.8 Å². The van der Waals surface area contributed by atoms with Gasteiger partial charge in [-0.1, -0.05) is 11.8 Å². The number of ether oxygens (including phenoxy) is 2. The molecule has 1 aliphatic rings. The van der Waals surface area contributed by atoms with Crippen LogP contribution in [-0.2, 0) is 19.1 Å². The zero-order valence-electron chi connectivity index (χ0n) is 17.7. The molecule has 1 atom stereocenters. The molecule has 1 heterocycles. The molecule has 0 saturated carbocycles. The summed E-state index contributed by atoms with van der Waals surface area (Å²) in [4.78, 5) is 53.8. The van der Waals surface area contributed by atoms with Crippen molar-refractivity contribution in [1.82, 2.24) is 4.90 Å². The number of amides is 2. The van der Waals surface area contributed by atoms with Gasteiger partial charge in [0.05, 0.1) is 31.0 Å². The van der Waals surface area contributed by atoms with Crippen molar-refractivity contribution in [3.05, 3.63) is 59.7 Å². The Morgan fingerprint density at radius 2 is 1.50 bits per heavy atom. The number of rotatable bonds is 6. The minimum atomic E-state index is -0.609. The molecule has 2 amide bonds. The number of esters is 2. The second-order valence-corrected chi connectivity index (χ2v) is 7.93. The van der Waals surface area contributed by atoms with E-state index in [0.717, 1.165) is 0 Å². The van der Waals surface area contributed by atoms with Gasteiger partial charge in [-0.15, -0.1) is 0 Å². The van der Waals surface area contributed by atoms with Crippen LogP contribution in [0.4, 0.5) is 11.4 Å². The van der Waals surface area contributed by atoms with E-state index in [1.165, 1.54) is 30.9 Å². The van der Waals surface area contributed by atoms with Gasteiger partial charge in [0.2, 0.25) is 11.8 Å². The van der Waals surface area contributed by atoms with Gasteiger partial charge in [0.1, 0.15) is 5.25 Å². The number of nitrogens with one attached hydrogen (secondary N) is 1. The Morgan fingerprint density at radius 3 is 2.03 bits per heavy atom. The molecule has 1 unspecified atom stereocenters. The van der Waals surface area contributed by atoms with E-state index in [2.05, 4.69) is 19.8 Å². The van der Waals surface area contributed by atoms with Gasteiger partial charge < -0.3 is 14.8 Å². The molecule has 0 aliphatic carbocycles. The highest BCUT2D eigenvalue weighted by Gasteiger charge is 2.37. The fourth-order valence-corrected chi connectivity index (χ4v) is 4.04. The standard InChI is InChI=1S/C22H21N3O6S/c1-25-19(27)17(12-18(26)23-15-8-4-13(5-9-15)20(28)30-2)32-22(25)24-16-10-6-14(7-11-16)21(29)31-3/h4-11,17H,12H2,1-3H3,(H,23,26). The second kappa shape index (κ2) is 10.1. The lowest BCUT2D eigenvalue weighted by molar-refractivity contribution is -0.127. The molecule has 3 rings (SSSR count). The third kappa shape index (κ3) is 5.33. The van der Waals surface area contributed by atoms with Crippen molar-refractivity contribution in [2.45, 2.75) is 11.7 Å². The van der Waals surface area contributed by atoms with Crippen LogP contribution in [0.2, 0.25) is 0 Å². The molecule has 32 heavy (non-hydrogen) atoms. The van der Waals surface area contributed by atoms with Crippen LogP contribution in [0.1, 0.15) is 27.1 Å². The third-order valence-electron chi connectivity index (χ3n) is 4.61. The quantitative estimate of drug-likeness (QED) is 0.666. The predicted molar refractivity (Wildman–Crippen MR) is 120 cm³/mol. The molecule has 2 aromatic carbocycles. The maximum atomic E-state index is 12.6. The number of amidine groups is 1. The first kappa shape index (κ1) is 23.0. The molecule has 166 valence electrons. The predicted octanol–water partition coefficient (Wildman–Crippen LogP) is 2.85. The van der Waals surface area contributed by atoms with Crippen LogP contribution in [0, 0.1) is 0 Å². The van der Waals surface area contributed by atoms with Crippen molar-refractivity contribution in [3.8, 4) is 0 Å². The first-order valence-corrected chi connectivity index (χ1v) is 10.4. The molecule has 0 spiro atoms. The number of nitrogens with zero attached hydrogens (tertiary/aromatic N) is 2. The molecular formula is C22H21N3O6S. The molecule has 1 fully saturated rings. The van der Waals surface area contributed by atoms with E-state index in [1.54, 1.807) is 55.6 Å². The average Bonchev–Trinajstić information content (AvgIpc) is 3.06. The van der Waals surface area contributed by atoms with E-state index < -0.39 is 17.2 Å². The fraction of sp³-hybridized carbons (Fsp3) is 0.227. The van der Waals surface area contributed by atoms with E-state index in [1.807, 2.05) is 0 Å². The largest absolute Gasteiger partial charge is 0.465 e. The minimum Gasteiger partial charge on any atom is -0.465 e. The number of hydrogen-bond donors (Lipinski definition) is 1. The van der Waals surface area contributed by atoms with Crippen LogP contribution in [-0.4, -0.2) is 60.3 Å². The summed E-state index contributed by atoms with van der Waals surface area (Å²) in [5.74, 6) is -1.47. The van der Waals surface area contributed by atoms with Crippen LogP contribution in [0.25, 0.3) is 0 Å². The van der Waals surface area contributed by atoms with Gasteiger partial charge in [-0.05, 0) is 48.5 Å². The summed E-state index contributed by atoms with van der Waals surface area (Å²) in [5.41, 5.74) is 1.84. The Hall–Kier alpha value is -3.66. The van der Waals surface area contributed by atoms with Gasteiger partial charge in [-0.2, -0.15) is 0 Å². The number of carbonyl (C=O) groups excluding carboxylic acids is 4. The van der Waals surface area contributed by atoms with Gasteiger partial charge in [-0.25, -0.2) is 14.6 Å². The lowest BCUT2D eigenvalue weighted by atomic mass is 10.2. The van der Waals surface area contributed by atoms with Crippen LogP contribution in [0.5, 0.6) is 0 Å². The van der Waals surface area contributed by atoms with Crippen molar-refractivity contribution in [2.75, 3.05) is 26.6 Å². The highest BCUT2D eigenvalue weighted by Crippen LogP contribution is 2.31. The minimum absolute atomic E-state index is 0.0348. The van der Waals surface area contributed by atoms with Crippen molar-refractivity contribution in [2.24, 2.45) is 4.99 Å². The number of benzene rings is 2. The molecule has 0 radical (unpaired) electrons. The highest BCUT2D eigenvalue weighted by molar-refractivity contribution is 8.15. The highest BCUT2D eigenvalue weighted by atomic mass is 32.2. The summed E-state index contributed by atoms with van der Waals surface area (Å²) in [5, 5.41) is 2.57. The topological polar surface area (TPSA) is 114 Å². The fourth-order valence-electron chi connectivity index (χ4n) is 2.89. The summed E-state index contributed by atoms with van der Waals surface area (Å²) >= 11 is 1.20. The number of methoxy groups -OCH3 is 2. The van der Waals surface area contributed by atoms with Crippen LogP contribution < -0.4 is 5.32 Å². The Balaban J connectivity index is 1.62. The second-order valence-electron chi connectivity index (χ2n) is 6.76. The zero-order valence-corrected chi connectivity index (χ0v) is 18.5. The Labute approximate surface area is 188 Å². The summed E-state index contributed by atoms with van der Waals surface area (Å²) in [7, 11) is 4.20. The average molecular weight is 455 g/mol. The normalized spacial score (nSPS) is 16.7. The van der Waals surface area contributed by atoms with Crippen molar-refractivity contribution >= 4 is 52.1 Å². The van der Waals surface area contributed by atoms with Crippen LogP contribution in [0.3, 0.4) is 0 Å². The van der Waals surface area contributed by atoms with Crippen molar-refractivity contribution < 1.29 is 28.7 Å². The number of carbonyl (C=O) groups is 4. The Kier molecular flexibility index (Phi) is 7.26. The Morgan fingerprint density at radius 1 is 0.969 bits per heavy atom. The SMILES string of the molecule is COC(=O)c1ccc(N=C2SC(CC(=O)Nc3ccc(C(=O)OC)cc3)C(=O)N2C)cc1. The maximum absolute atomic E-state index is 12.6. The van der Waals surface area contributed by atoms with Gasteiger partial charge in [0, 0.05) is 19.2 Å². The van der Waals surface area contributed by atoms with E-state index in [9.17, 15) is 19.2 Å². The molecule has 0 aromatic heterocycles. The van der Waals surface area contributed by atoms with Gasteiger partial charge in [-0.3, -0.25) is 14.5 Å². The summed E-state index contributed by atoms with van der Waals surface area (Å²) in [6.07, 6.45) is -0.0348. The van der Waals surface area contributed by atoms with Gasteiger partial charge >= 0.3 is 11.9 Å². The van der Waals surface area contributed by atoms with Gasteiger partial charge in [0.25, 0.3) is 0 Å². The molecule has 9 nitrogen and oxygen atoms in total. The first-order valence-electron chi connectivity index (χ1n) is 9.52. The first-order chi connectivity index (χ1) is 15.3. The molecule has 10 heteroatoms. The third-order valence-corrected chi connectivity index (χ3v) is 5.84. The smallest absolute Gasteiger partial charge is 0.337 e. The number of aliphatic imine (C=N–C) groups is 1. The van der Waals surface area contributed by atoms with E-state index in [-0.39, 0.29) is 18.2 Å². The number of thioether (sulfide) groups is 1. The zero-order chi connectivity index (χ0) is 23.3. The molecule has 1 aliphatic heterocycles. The molecule has 1 N–H and O–H groups in total. The van der Waals surface area contributed by atoms with Crippen molar-refractivity contribution in [3.63, 3.8) is 0 Å². The number of anilines is 1. The molecule has 1 saturated heterocycles. The monoisotopic (exact) mass is 455 g/mol. The van der Waals surface area contributed by atoms with Crippen molar-refractivity contribution in [1.29, 1.82) is 0 Å². The molecule has 0 bridgehead atoms. The Bertz CT molecular complexity index is 1070. The van der Waals surface area contributed by atoms with Gasteiger partial charge in [0.15, 0.2) is 5.17 Å². The summed E-state index contributed by atoms with van der Waals surface area (Å²) in [6, 6.07) is 12.7. The van der Waals surface area contributed by atoms with E-state index in [0.29, 0.717) is 27.7 Å². The summed E-state index contributed by atoms with van der Waals surface area (Å²) in [6.45, 7) is 0. The van der Waals surface area contributed by atoms with E-state index >= 15 is 0 Å². The van der Waals surface area contributed by atoms with Crippen LogP contribution in [0.15, 0.2) is 53.5 Å². The number of hydrogen-bond acceptors (Lipinski definition) is 8. The molecular weight excluding hydrogens is 434 g/mol. The lowest BCUT2D eigenvalue weighted by Gasteiger charge is -2.09. The molecule has 2 aromatic rings. The lowest BCUT2D eigenvalue weighted by Crippen LogP contribution is -2.30.